The van der Waals surface area contributed by atoms with Gasteiger partial charge in [-0.05, 0) is 18.9 Å². The molecule has 7 heteroatoms. The molecule has 0 amide bonds. The second kappa shape index (κ2) is 6.01. The van der Waals surface area contributed by atoms with E-state index in [-0.39, 0.29) is 18.6 Å². The number of rotatable bonds is 4. The number of benzene rings is 1. The molecule has 21 heavy (non-hydrogen) atoms. The number of nitrogens with one attached hydrogen (secondary N) is 1. The van der Waals surface area contributed by atoms with E-state index in [9.17, 15) is 10.2 Å². The lowest BCUT2D eigenvalue weighted by atomic mass is 10.1. The Hall–Kier alpha value is -1.01. The van der Waals surface area contributed by atoms with Crippen LogP contribution in [-0.2, 0) is 6.61 Å². The van der Waals surface area contributed by atoms with E-state index in [1.54, 1.807) is 6.07 Å². The van der Waals surface area contributed by atoms with Gasteiger partial charge < -0.3 is 19.9 Å². The van der Waals surface area contributed by atoms with Crippen LogP contribution in [0.4, 0.5) is 0 Å². The summed E-state index contributed by atoms with van der Waals surface area (Å²) in [6.45, 7) is 0.169. The smallest absolute Gasteiger partial charge is 0.167 e. The highest BCUT2D eigenvalue weighted by Gasteiger charge is 2.27. The number of aliphatic hydroxyl groups excluding tert-OH is 2. The minimum absolute atomic E-state index is 0.103. The number of H-pyrrole nitrogens is 1. The standard InChI is InChI=1S/C14H16Cl2N2O3/c15-8-4-9-13(18-11(5-19)17-9)14(12(8)16)21-6-7-2-1-3-10(7)20/h4,7,10,19-20H,1-3,5-6H2,(H,17,18). The molecule has 5 nitrogen and oxygen atoms in total. The third-order valence-corrected chi connectivity index (χ3v) is 4.66. The van der Waals surface area contributed by atoms with Gasteiger partial charge in [-0.1, -0.05) is 29.6 Å². The average Bonchev–Trinajstić information content (AvgIpc) is 3.05. The first-order valence-corrected chi connectivity index (χ1v) is 7.64. The maximum atomic E-state index is 9.85. The van der Waals surface area contributed by atoms with Crippen LogP contribution in [0.5, 0.6) is 5.75 Å². The van der Waals surface area contributed by atoms with E-state index in [2.05, 4.69) is 9.97 Å². The Bertz CT molecular complexity index is 659. The second-order valence-electron chi connectivity index (χ2n) is 5.31. The molecule has 2 unspecified atom stereocenters. The summed E-state index contributed by atoms with van der Waals surface area (Å²) in [5.74, 6) is 0.926. The Morgan fingerprint density at radius 3 is 2.86 bits per heavy atom. The maximum absolute atomic E-state index is 9.85. The van der Waals surface area contributed by atoms with Crippen LogP contribution in [0, 0.1) is 5.92 Å². The predicted octanol–water partition coefficient (Wildman–Crippen LogP) is 2.90. The summed E-state index contributed by atoms with van der Waals surface area (Å²) in [5.41, 5.74) is 1.20. The normalized spacial score (nSPS) is 22.1. The topological polar surface area (TPSA) is 78.4 Å². The lowest BCUT2D eigenvalue weighted by Gasteiger charge is -2.16. The summed E-state index contributed by atoms with van der Waals surface area (Å²) in [6.07, 6.45) is 2.42. The molecule has 1 saturated carbocycles. The number of aromatic nitrogens is 2. The highest BCUT2D eigenvalue weighted by Crippen LogP contribution is 2.39. The summed E-state index contributed by atoms with van der Waals surface area (Å²) in [7, 11) is 0. The molecule has 1 aliphatic rings. The highest BCUT2D eigenvalue weighted by molar-refractivity contribution is 6.44. The van der Waals surface area contributed by atoms with Crippen molar-refractivity contribution < 1.29 is 14.9 Å². The molecule has 0 aliphatic heterocycles. The number of nitrogens with zero attached hydrogens (tertiary/aromatic N) is 1. The first kappa shape index (κ1) is 14.9. The number of halogens is 2. The van der Waals surface area contributed by atoms with Crippen LogP contribution < -0.4 is 4.74 Å². The van der Waals surface area contributed by atoms with Crippen LogP contribution in [0.1, 0.15) is 25.1 Å². The van der Waals surface area contributed by atoms with Gasteiger partial charge in [0, 0.05) is 5.92 Å². The lowest BCUT2D eigenvalue weighted by Crippen LogP contribution is -2.20. The molecule has 2 aromatic rings. The fraction of sp³-hybridized carbons (Fsp3) is 0.500. The van der Waals surface area contributed by atoms with Crippen molar-refractivity contribution in [2.75, 3.05) is 6.61 Å². The van der Waals surface area contributed by atoms with E-state index in [0.717, 1.165) is 19.3 Å². The average molecular weight is 331 g/mol. The Kier molecular flexibility index (Phi) is 4.26. The number of fused-ring (bicyclic) bond motifs is 1. The molecule has 114 valence electrons. The number of hydrogen-bond donors (Lipinski definition) is 3. The SMILES string of the molecule is OCc1nc2c(OCC3CCCC3O)c(Cl)c(Cl)cc2[nH]1. The molecule has 1 aromatic heterocycles. The van der Waals surface area contributed by atoms with Crippen LogP contribution in [0.25, 0.3) is 11.0 Å². The van der Waals surface area contributed by atoms with Crippen LogP contribution in [-0.4, -0.2) is 32.9 Å². The van der Waals surface area contributed by atoms with Crippen molar-refractivity contribution in [3.05, 3.63) is 21.9 Å². The zero-order valence-electron chi connectivity index (χ0n) is 11.3. The first-order chi connectivity index (χ1) is 10.1. The molecule has 1 heterocycles. The highest BCUT2D eigenvalue weighted by atomic mass is 35.5. The van der Waals surface area contributed by atoms with Crippen molar-refractivity contribution in [3.8, 4) is 5.75 Å². The molecule has 0 saturated heterocycles. The number of aromatic amines is 1. The van der Waals surface area contributed by atoms with Crippen molar-refractivity contribution in [3.63, 3.8) is 0 Å². The van der Waals surface area contributed by atoms with Gasteiger partial charge in [-0.3, -0.25) is 0 Å². The zero-order valence-corrected chi connectivity index (χ0v) is 12.8. The fourth-order valence-electron chi connectivity index (χ4n) is 2.73. The quantitative estimate of drug-likeness (QED) is 0.805. The Morgan fingerprint density at radius 1 is 1.38 bits per heavy atom. The summed E-state index contributed by atoms with van der Waals surface area (Å²) < 4.78 is 5.80. The Labute approximate surface area is 131 Å². The second-order valence-corrected chi connectivity index (χ2v) is 6.09. The molecule has 3 rings (SSSR count). The Balaban J connectivity index is 1.92. The van der Waals surface area contributed by atoms with Crippen LogP contribution >= 0.6 is 23.2 Å². The van der Waals surface area contributed by atoms with Crippen molar-refractivity contribution in [2.24, 2.45) is 5.92 Å². The van der Waals surface area contributed by atoms with E-state index in [4.69, 9.17) is 27.9 Å². The molecule has 1 aliphatic carbocycles. The zero-order chi connectivity index (χ0) is 15.0. The molecular weight excluding hydrogens is 315 g/mol. The van der Waals surface area contributed by atoms with Crippen molar-refractivity contribution in [1.29, 1.82) is 0 Å². The van der Waals surface area contributed by atoms with E-state index in [1.165, 1.54) is 0 Å². The van der Waals surface area contributed by atoms with Crippen LogP contribution in [0.15, 0.2) is 6.07 Å². The molecule has 1 aromatic carbocycles. The van der Waals surface area contributed by atoms with Gasteiger partial charge >= 0.3 is 0 Å². The van der Waals surface area contributed by atoms with E-state index in [0.29, 0.717) is 39.3 Å². The number of aliphatic hydroxyl groups is 2. The summed E-state index contributed by atoms with van der Waals surface area (Å²) in [5, 5.41) is 19.7. The molecule has 0 bridgehead atoms. The molecule has 1 fully saturated rings. The number of imidazole rings is 1. The van der Waals surface area contributed by atoms with Crippen molar-refractivity contribution in [2.45, 2.75) is 32.0 Å². The minimum atomic E-state index is -0.328. The summed E-state index contributed by atoms with van der Waals surface area (Å²) in [6, 6.07) is 1.66. The van der Waals surface area contributed by atoms with E-state index in [1.807, 2.05) is 0 Å². The van der Waals surface area contributed by atoms with Gasteiger partial charge in [0.25, 0.3) is 0 Å². The third kappa shape index (κ3) is 2.83. The van der Waals surface area contributed by atoms with Gasteiger partial charge in [-0.15, -0.1) is 0 Å². The molecule has 0 radical (unpaired) electrons. The number of ether oxygens (including phenoxy) is 1. The van der Waals surface area contributed by atoms with Gasteiger partial charge in [0.15, 0.2) is 5.75 Å². The Morgan fingerprint density at radius 2 is 2.19 bits per heavy atom. The van der Waals surface area contributed by atoms with Gasteiger partial charge in [0.1, 0.15) is 23.0 Å². The summed E-state index contributed by atoms with van der Waals surface area (Å²) in [4.78, 5) is 7.22. The lowest BCUT2D eigenvalue weighted by molar-refractivity contribution is 0.0990. The third-order valence-electron chi connectivity index (χ3n) is 3.89. The van der Waals surface area contributed by atoms with Crippen LogP contribution in [0.3, 0.4) is 0 Å². The van der Waals surface area contributed by atoms with Gasteiger partial charge in [0.05, 0.1) is 23.3 Å². The molecule has 3 N–H and O–H groups in total. The predicted molar refractivity (Wildman–Crippen MR) is 80.9 cm³/mol. The maximum Gasteiger partial charge on any atom is 0.167 e. The van der Waals surface area contributed by atoms with E-state index < -0.39 is 0 Å². The molecule has 0 spiro atoms. The van der Waals surface area contributed by atoms with E-state index >= 15 is 0 Å². The molecular formula is C14H16Cl2N2O3. The first-order valence-electron chi connectivity index (χ1n) is 6.88. The number of hydrogen-bond acceptors (Lipinski definition) is 4. The largest absolute Gasteiger partial charge is 0.489 e. The van der Waals surface area contributed by atoms with Gasteiger partial charge in [-0.25, -0.2) is 4.98 Å². The minimum Gasteiger partial charge on any atom is -0.489 e. The van der Waals surface area contributed by atoms with Crippen molar-refractivity contribution in [1.82, 2.24) is 9.97 Å². The summed E-state index contributed by atoms with van der Waals surface area (Å²) >= 11 is 12.3. The monoisotopic (exact) mass is 330 g/mol. The molecule has 2 atom stereocenters. The van der Waals surface area contributed by atoms with Gasteiger partial charge in [-0.2, -0.15) is 0 Å². The fourth-order valence-corrected chi connectivity index (χ4v) is 3.12. The van der Waals surface area contributed by atoms with Crippen molar-refractivity contribution >= 4 is 34.2 Å². The van der Waals surface area contributed by atoms with Gasteiger partial charge in [0.2, 0.25) is 0 Å². The van der Waals surface area contributed by atoms with Crippen LogP contribution in [0.2, 0.25) is 10.0 Å².